The van der Waals surface area contributed by atoms with Crippen molar-refractivity contribution in [3.8, 4) is 0 Å². The van der Waals surface area contributed by atoms with Gasteiger partial charge in [-0.25, -0.2) is 14.4 Å². The number of aliphatic hydroxyl groups excluding tert-OH is 1. The van der Waals surface area contributed by atoms with Crippen LogP contribution in [0.4, 0.5) is 4.39 Å². The first kappa shape index (κ1) is 22.6. The molecule has 154 valence electrons. The van der Waals surface area contributed by atoms with Gasteiger partial charge >= 0.3 is 0 Å². The summed E-state index contributed by atoms with van der Waals surface area (Å²) < 4.78 is 15.7. The SMILES string of the molecule is CCNC(=NCc1ccc(F)c(CO)c1)N1CCC(C)C(n2ccnc2)C1.I. The zero-order chi connectivity index (χ0) is 19.2. The number of benzene rings is 1. The van der Waals surface area contributed by atoms with Gasteiger partial charge < -0.3 is 19.9 Å². The molecule has 2 heterocycles. The number of aliphatic hydroxyl groups is 1. The molecule has 8 heteroatoms. The van der Waals surface area contributed by atoms with Gasteiger partial charge in [-0.1, -0.05) is 13.0 Å². The molecule has 3 rings (SSSR count). The van der Waals surface area contributed by atoms with Crippen LogP contribution in [0.1, 0.15) is 37.4 Å². The summed E-state index contributed by atoms with van der Waals surface area (Å²) in [6.07, 6.45) is 6.80. The average Bonchev–Trinajstić information content (AvgIpc) is 3.21. The zero-order valence-corrected chi connectivity index (χ0v) is 18.7. The highest BCUT2D eigenvalue weighted by Crippen LogP contribution is 2.27. The minimum atomic E-state index is -0.384. The lowest BCUT2D eigenvalue weighted by molar-refractivity contribution is 0.189. The standard InChI is InChI=1S/C20H28FN5O.HI/c1-3-23-20(24-11-16-4-5-18(21)17(10-16)13-27)25-8-6-15(2)19(12-25)26-9-7-22-14-26;/h4-5,7,9-10,14-15,19,27H,3,6,8,11-13H2,1-2H3,(H,23,24);1H. The second-order valence-electron chi connectivity index (χ2n) is 7.04. The molecule has 2 atom stereocenters. The van der Waals surface area contributed by atoms with E-state index in [1.807, 2.05) is 18.7 Å². The third-order valence-corrected chi connectivity index (χ3v) is 5.15. The van der Waals surface area contributed by atoms with Crippen molar-refractivity contribution < 1.29 is 9.50 Å². The van der Waals surface area contributed by atoms with Crippen molar-refractivity contribution in [1.29, 1.82) is 0 Å². The number of imidazole rings is 1. The summed E-state index contributed by atoms with van der Waals surface area (Å²) in [7, 11) is 0. The Kier molecular flexibility index (Phi) is 8.68. The summed E-state index contributed by atoms with van der Waals surface area (Å²) in [6.45, 7) is 7.07. The summed E-state index contributed by atoms with van der Waals surface area (Å²) in [5, 5.41) is 12.6. The van der Waals surface area contributed by atoms with Crippen LogP contribution >= 0.6 is 24.0 Å². The van der Waals surface area contributed by atoms with Crippen LogP contribution in [0.15, 0.2) is 41.9 Å². The third kappa shape index (κ3) is 5.44. The minimum absolute atomic E-state index is 0. The maximum absolute atomic E-state index is 13.6. The van der Waals surface area contributed by atoms with Crippen LogP contribution in [-0.2, 0) is 13.2 Å². The summed E-state index contributed by atoms with van der Waals surface area (Å²) in [5.74, 6) is 1.05. The Bertz CT molecular complexity index is 768. The lowest BCUT2D eigenvalue weighted by Crippen LogP contribution is -2.49. The highest BCUT2D eigenvalue weighted by molar-refractivity contribution is 14.0. The first-order valence-electron chi connectivity index (χ1n) is 9.51. The molecule has 1 aromatic carbocycles. The van der Waals surface area contributed by atoms with Crippen LogP contribution in [0.3, 0.4) is 0 Å². The van der Waals surface area contributed by atoms with Gasteiger partial charge in [0.1, 0.15) is 5.82 Å². The third-order valence-electron chi connectivity index (χ3n) is 5.15. The van der Waals surface area contributed by atoms with Crippen LogP contribution in [0.25, 0.3) is 0 Å². The number of guanidine groups is 1. The molecule has 0 radical (unpaired) electrons. The van der Waals surface area contributed by atoms with E-state index in [0.717, 1.165) is 37.6 Å². The number of nitrogens with one attached hydrogen (secondary N) is 1. The molecule has 1 saturated heterocycles. The Labute approximate surface area is 182 Å². The molecule has 0 spiro atoms. The van der Waals surface area contributed by atoms with Crippen LogP contribution in [0.2, 0.25) is 0 Å². The van der Waals surface area contributed by atoms with Crippen LogP contribution in [0.5, 0.6) is 0 Å². The van der Waals surface area contributed by atoms with Crippen molar-refractivity contribution in [1.82, 2.24) is 19.8 Å². The van der Waals surface area contributed by atoms with Gasteiger partial charge in [0.05, 0.1) is 25.5 Å². The molecule has 1 aliphatic heterocycles. The number of likely N-dealkylation sites (tertiary alicyclic amines) is 1. The molecule has 0 saturated carbocycles. The monoisotopic (exact) mass is 501 g/mol. The molecular formula is C20H29FIN5O. The number of aliphatic imine (C=N–C) groups is 1. The minimum Gasteiger partial charge on any atom is -0.392 e. The maximum Gasteiger partial charge on any atom is 0.194 e. The predicted octanol–water partition coefficient (Wildman–Crippen LogP) is 3.18. The van der Waals surface area contributed by atoms with Crippen LogP contribution in [0, 0.1) is 11.7 Å². The fourth-order valence-electron chi connectivity index (χ4n) is 3.53. The van der Waals surface area contributed by atoms with E-state index in [1.54, 1.807) is 12.1 Å². The predicted molar refractivity (Wildman–Crippen MR) is 119 cm³/mol. The fourth-order valence-corrected chi connectivity index (χ4v) is 3.53. The van der Waals surface area contributed by atoms with Crippen molar-refractivity contribution in [2.45, 2.75) is 39.5 Å². The van der Waals surface area contributed by atoms with Crippen molar-refractivity contribution in [2.75, 3.05) is 19.6 Å². The number of hydrogen-bond donors (Lipinski definition) is 2. The van der Waals surface area contributed by atoms with Crippen LogP contribution in [-0.4, -0.2) is 45.2 Å². The van der Waals surface area contributed by atoms with E-state index in [4.69, 9.17) is 4.99 Å². The highest BCUT2D eigenvalue weighted by atomic mass is 127. The van der Waals surface area contributed by atoms with Gasteiger partial charge in [0.15, 0.2) is 5.96 Å². The molecule has 1 aromatic heterocycles. The average molecular weight is 501 g/mol. The second-order valence-corrected chi connectivity index (χ2v) is 7.04. The molecule has 2 unspecified atom stereocenters. The molecule has 0 bridgehead atoms. The van der Waals surface area contributed by atoms with E-state index in [0.29, 0.717) is 24.1 Å². The normalized spacial score (nSPS) is 20.0. The topological polar surface area (TPSA) is 65.7 Å². The van der Waals surface area contributed by atoms with Crippen molar-refractivity contribution in [3.63, 3.8) is 0 Å². The van der Waals surface area contributed by atoms with Gasteiger partial charge in [0.2, 0.25) is 0 Å². The second kappa shape index (κ2) is 10.8. The van der Waals surface area contributed by atoms with Crippen molar-refractivity contribution in [2.24, 2.45) is 10.9 Å². The number of hydrogen-bond acceptors (Lipinski definition) is 3. The quantitative estimate of drug-likeness (QED) is 0.376. The van der Waals surface area contributed by atoms with Gasteiger partial charge in [-0.3, -0.25) is 0 Å². The van der Waals surface area contributed by atoms with E-state index in [-0.39, 0.29) is 36.4 Å². The lowest BCUT2D eigenvalue weighted by Gasteiger charge is -2.39. The van der Waals surface area contributed by atoms with E-state index in [9.17, 15) is 9.50 Å². The Morgan fingerprint density at radius 3 is 2.93 bits per heavy atom. The Balaban J connectivity index is 0.00000280. The molecule has 1 aliphatic rings. The van der Waals surface area contributed by atoms with Gasteiger partial charge in [0.25, 0.3) is 0 Å². The maximum atomic E-state index is 13.6. The molecule has 2 N–H and O–H groups in total. The van der Waals surface area contributed by atoms with E-state index in [1.165, 1.54) is 6.07 Å². The van der Waals surface area contributed by atoms with Gasteiger partial charge in [0, 0.05) is 37.6 Å². The van der Waals surface area contributed by atoms with Crippen LogP contribution < -0.4 is 5.32 Å². The highest BCUT2D eigenvalue weighted by Gasteiger charge is 2.28. The summed E-state index contributed by atoms with van der Waals surface area (Å²) >= 11 is 0. The van der Waals surface area contributed by atoms with E-state index >= 15 is 0 Å². The smallest absolute Gasteiger partial charge is 0.194 e. The molecule has 6 nitrogen and oxygen atoms in total. The number of piperidine rings is 1. The van der Waals surface area contributed by atoms with Gasteiger partial charge in [-0.2, -0.15) is 0 Å². The molecule has 0 aliphatic carbocycles. The van der Waals surface area contributed by atoms with E-state index < -0.39 is 0 Å². The first-order chi connectivity index (χ1) is 13.1. The largest absolute Gasteiger partial charge is 0.392 e. The van der Waals surface area contributed by atoms with Crippen molar-refractivity contribution in [3.05, 3.63) is 53.9 Å². The van der Waals surface area contributed by atoms with Gasteiger partial charge in [-0.15, -0.1) is 24.0 Å². The number of nitrogens with zero attached hydrogens (tertiary/aromatic N) is 4. The van der Waals surface area contributed by atoms with Crippen molar-refractivity contribution >= 4 is 29.9 Å². The van der Waals surface area contributed by atoms with E-state index in [2.05, 4.69) is 33.6 Å². The molecule has 1 fully saturated rings. The molecule has 2 aromatic rings. The lowest BCUT2D eigenvalue weighted by atomic mass is 9.93. The zero-order valence-electron chi connectivity index (χ0n) is 16.4. The Morgan fingerprint density at radius 1 is 1.43 bits per heavy atom. The number of aromatic nitrogens is 2. The molecule has 0 amide bonds. The summed E-state index contributed by atoms with van der Waals surface area (Å²) in [6, 6.07) is 5.14. The number of rotatable bonds is 5. The summed E-state index contributed by atoms with van der Waals surface area (Å²) in [4.78, 5) is 11.2. The number of halogens is 2. The van der Waals surface area contributed by atoms with Gasteiger partial charge in [-0.05, 0) is 37.0 Å². The molecular weight excluding hydrogens is 472 g/mol. The molecule has 28 heavy (non-hydrogen) atoms. The Morgan fingerprint density at radius 2 is 2.25 bits per heavy atom. The fraction of sp³-hybridized carbons (Fsp3) is 0.500. The Hall–Kier alpha value is -1.68. The summed E-state index contributed by atoms with van der Waals surface area (Å²) in [5.41, 5.74) is 1.19. The first-order valence-corrected chi connectivity index (χ1v) is 9.51.